The molecule has 0 aromatic heterocycles. The Balaban J connectivity index is 0. The summed E-state index contributed by atoms with van der Waals surface area (Å²) >= 11 is 0. The van der Waals surface area contributed by atoms with Crippen LogP contribution in [0.25, 0.3) is 10.9 Å². The van der Waals surface area contributed by atoms with Gasteiger partial charge in [-0.1, -0.05) is 0 Å². The van der Waals surface area contributed by atoms with Gasteiger partial charge in [-0.25, -0.2) is 22.2 Å². The second-order valence-electron chi connectivity index (χ2n) is 2.11. The van der Waals surface area contributed by atoms with Gasteiger partial charge in [0.2, 0.25) is 0 Å². The summed E-state index contributed by atoms with van der Waals surface area (Å²) in [5, 5.41) is 45.6. The molecule has 0 aromatic carbocycles. The van der Waals surface area contributed by atoms with Gasteiger partial charge in [0.15, 0.2) is 0 Å². The van der Waals surface area contributed by atoms with Crippen LogP contribution in [-0.2, 0) is 4.94 Å². The lowest BCUT2D eigenvalue weighted by Crippen LogP contribution is -2.42. The van der Waals surface area contributed by atoms with Crippen molar-refractivity contribution in [3.8, 4) is 0 Å². The van der Waals surface area contributed by atoms with Crippen molar-refractivity contribution in [2.24, 2.45) is 5.16 Å². The van der Waals surface area contributed by atoms with E-state index in [2.05, 4.69) is 32.8 Å². The fourth-order valence-electron chi connectivity index (χ4n) is 0.707. The van der Waals surface area contributed by atoms with Crippen LogP contribution in [0.2, 0.25) is 0 Å². The van der Waals surface area contributed by atoms with E-state index in [9.17, 15) is 30.3 Å². The summed E-state index contributed by atoms with van der Waals surface area (Å²) < 4.78 is 0. The Bertz CT molecular complexity index is 413. The van der Waals surface area contributed by atoms with Gasteiger partial charge in [0, 0.05) is 5.84 Å². The average Bonchev–Trinajstić information content (AvgIpc) is 2.80. The summed E-state index contributed by atoms with van der Waals surface area (Å²) in [5.41, 5.74) is 4.32. The molecular weight excluding hydrogens is 292 g/mol. The minimum absolute atomic E-state index is 0.951. The summed E-state index contributed by atoms with van der Waals surface area (Å²) in [4.78, 5) is 31.6. The number of nitro groups is 3. The summed E-state index contributed by atoms with van der Waals surface area (Å²) in [5.74, 6) is 1.94. The predicted octanol–water partition coefficient (Wildman–Crippen LogP) is -2.86. The molecule has 1 heterocycles. The lowest BCUT2D eigenvalue weighted by molar-refractivity contribution is -0.670. The molecule has 0 unspecified atom stereocenters. The fraction of sp³-hybridized carbons (Fsp3) is 0. The molecule has 0 aliphatic carbocycles. The molecule has 0 atom stereocenters. The van der Waals surface area contributed by atoms with Crippen molar-refractivity contribution >= 4 is 5.84 Å². The van der Waals surface area contributed by atoms with Crippen molar-refractivity contribution in [3.63, 3.8) is 0 Å². The Morgan fingerprint density at radius 3 is 1.95 bits per heavy atom. The third-order valence-electron chi connectivity index (χ3n) is 1.21. The van der Waals surface area contributed by atoms with Gasteiger partial charge in [-0.2, -0.15) is 0 Å². The molecule has 0 saturated carbocycles. The van der Waals surface area contributed by atoms with E-state index in [1.54, 1.807) is 0 Å². The lowest BCUT2D eigenvalue weighted by Gasteiger charge is -2.12. The van der Waals surface area contributed by atoms with E-state index in [4.69, 9.17) is 10.4 Å². The van der Waals surface area contributed by atoms with Crippen molar-refractivity contribution in [1.29, 1.82) is 0 Å². The highest BCUT2D eigenvalue weighted by molar-refractivity contribution is 6.08. The summed E-state index contributed by atoms with van der Waals surface area (Å²) in [6.45, 7) is 0. The van der Waals surface area contributed by atoms with Gasteiger partial charge in [0.1, 0.15) is 9.85 Å². The van der Waals surface area contributed by atoms with E-state index in [1.807, 2.05) is 0 Å². The van der Waals surface area contributed by atoms with Crippen molar-refractivity contribution in [2.45, 2.75) is 0 Å². The smallest absolute Gasteiger partial charge is 0.546 e. The van der Waals surface area contributed by atoms with E-state index in [-0.39, 0.29) is 0 Å². The second kappa shape index (κ2) is 9.84. The molecule has 1 aliphatic heterocycles. The molecule has 0 aromatic rings. The first-order valence-corrected chi connectivity index (χ1v) is 3.91. The highest BCUT2D eigenvalue weighted by Gasteiger charge is 2.30. The number of hydroxylamine groups is 1. The first-order valence-electron chi connectivity index (χ1n) is 3.91. The van der Waals surface area contributed by atoms with Crippen LogP contribution in [0.4, 0.5) is 0 Å². The van der Waals surface area contributed by atoms with Crippen LogP contribution in [0.15, 0.2) is 16.7 Å². The summed E-state index contributed by atoms with van der Waals surface area (Å²) in [6.07, 6.45) is 0. The van der Waals surface area contributed by atoms with Crippen molar-refractivity contribution < 1.29 is 42.0 Å². The molecule has 17 nitrogen and oxygen atoms in total. The van der Waals surface area contributed by atoms with Crippen molar-refractivity contribution in [3.05, 3.63) is 52.8 Å². The van der Waals surface area contributed by atoms with Gasteiger partial charge >= 0.3 is 5.82 Å². The predicted molar refractivity (Wildman–Crippen MR) is 52.6 cm³/mol. The topological polar surface area (TPSA) is 275 Å². The number of rotatable bonds is 3. The quantitative estimate of drug-likeness (QED) is 0.307. The van der Waals surface area contributed by atoms with Crippen LogP contribution in [-0.4, -0.2) is 31.1 Å². The Kier molecular flexibility index (Phi) is 9.44. The monoisotopic (exact) mass is 300 g/mol. The molecule has 20 heavy (non-hydrogen) atoms. The van der Waals surface area contributed by atoms with E-state index in [1.165, 1.54) is 0 Å². The molecule has 1 rings (SSSR count). The van der Waals surface area contributed by atoms with Gasteiger partial charge in [0.05, 0.1) is 10.7 Å². The molecular formula is C3H8N8O9. The molecule has 114 valence electrons. The van der Waals surface area contributed by atoms with Crippen LogP contribution >= 0.6 is 0 Å². The van der Waals surface area contributed by atoms with Gasteiger partial charge in [0.25, 0.3) is 0 Å². The third-order valence-corrected chi connectivity index (χ3v) is 1.21. The maximum absolute atomic E-state index is 10.3. The molecule has 0 spiro atoms. The normalized spacial score (nSPS) is 11.2. The maximum Gasteiger partial charge on any atom is 0.546 e. The van der Waals surface area contributed by atoms with E-state index in [0.29, 0.717) is 0 Å². The number of hydrogen-bond acceptors (Lipinski definition) is 10. The fourth-order valence-corrected chi connectivity index (χ4v) is 0.707. The van der Waals surface area contributed by atoms with Crippen molar-refractivity contribution in [2.75, 3.05) is 0 Å². The second-order valence-corrected chi connectivity index (χ2v) is 2.11. The van der Waals surface area contributed by atoms with Crippen LogP contribution < -0.4 is 11.8 Å². The van der Waals surface area contributed by atoms with Crippen LogP contribution in [0.5, 0.6) is 0 Å². The summed E-state index contributed by atoms with van der Waals surface area (Å²) in [7, 11) is 0. The molecule has 0 fully saturated rings. The first-order chi connectivity index (χ1) is 9.43. The van der Waals surface area contributed by atoms with Crippen LogP contribution in [0.1, 0.15) is 0 Å². The molecule has 0 saturated heterocycles. The third kappa shape index (κ3) is 5.46. The highest BCUT2D eigenvalue weighted by atomic mass is 16.8. The first kappa shape index (κ1) is 19.2. The minimum Gasteiger partial charge on any atom is -0.556 e. The molecule has 0 radical (unpaired) electrons. The Hall–Kier alpha value is -3.15. The van der Waals surface area contributed by atoms with Gasteiger partial charge in [-0.15, -0.1) is 5.43 Å². The molecule has 17 heteroatoms. The lowest BCUT2D eigenvalue weighted by atomic mass is 10.4. The van der Waals surface area contributed by atoms with Crippen molar-refractivity contribution in [1.82, 2.24) is 0 Å². The minimum atomic E-state index is -1.61. The van der Waals surface area contributed by atoms with Gasteiger partial charge in [-0.3, -0.25) is 30.3 Å². The van der Waals surface area contributed by atoms with Crippen LogP contribution in [0.3, 0.4) is 0 Å². The van der Waals surface area contributed by atoms with E-state index < -0.39 is 32.2 Å². The number of nitrogens with zero attached hydrogens (tertiary/aromatic N) is 6. The number of oxime groups is 1. The van der Waals surface area contributed by atoms with E-state index >= 15 is 0 Å². The van der Waals surface area contributed by atoms with Crippen LogP contribution in [0, 0.1) is 30.3 Å². The zero-order chi connectivity index (χ0) is 16.3. The molecule has 8 N–H and O–H groups in total. The Morgan fingerprint density at radius 1 is 1.15 bits per heavy atom. The SMILES string of the molecule is O=[N+]([O-])[N-]C1=NO[N-]C1=C([N+](=O)[O-])[N+](=O)[O-].[NH3+]O.[NH3+]O. The number of hydrogen-bond donors (Lipinski definition) is 4. The standard InChI is InChI=1S/C3N6O7.2H4NO/c10-7(11)3(8(12)13)1-2(4-9(14)15)6-16-5-1;2*1-2/h;2*2H,1H3/q-2;2*+1. The average molecular weight is 300 g/mol. The summed E-state index contributed by atoms with van der Waals surface area (Å²) in [6, 6.07) is 0. The highest BCUT2D eigenvalue weighted by Crippen LogP contribution is 2.24. The zero-order valence-electron chi connectivity index (χ0n) is 9.35. The molecule has 1 aliphatic rings. The maximum atomic E-state index is 10.3. The van der Waals surface area contributed by atoms with E-state index in [0.717, 1.165) is 0 Å². The number of quaternary nitrogens is 2. The Labute approximate surface area is 107 Å². The number of amidine groups is 1. The largest absolute Gasteiger partial charge is 0.556 e. The Morgan fingerprint density at radius 2 is 1.60 bits per heavy atom. The zero-order valence-corrected chi connectivity index (χ0v) is 9.35. The molecule has 0 bridgehead atoms. The van der Waals surface area contributed by atoms with Gasteiger partial charge < -0.3 is 15.6 Å². The molecule has 0 amide bonds. The van der Waals surface area contributed by atoms with Gasteiger partial charge in [-0.05, 0) is 0 Å².